The van der Waals surface area contributed by atoms with E-state index in [1.807, 2.05) is 0 Å². The molecule has 8 heteroatoms. The number of nitrogens with one attached hydrogen (secondary N) is 3. The number of hydrogen-bond donors (Lipinski definition) is 5. The molecule has 0 aliphatic rings. The minimum atomic E-state index is -2.05. The van der Waals surface area contributed by atoms with Crippen LogP contribution in [0.2, 0.25) is 0 Å². The Morgan fingerprint density at radius 2 is 1.76 bits per heavy atom. The molecule has 3 amide bonds. The summed E-state index contributed by atoms with van der Waals surface area (Å²) in [5.74, 6) is -2.06. The van der Waals surface area contributed by atoms with Crippen LogP contribution in [0.4, 0.5) is 10.5 Å². The molecule has 0 spiro atoms. The summed E-state index contributed by atoms with van der Waals surface area (Å²) in [5, 5.41) is 25.1. The van der Waals surface area contributed by atoms with Gasteiger partial charge < -0.3 is 26.2 Å². The fraction of sp³-hybridized carbons (Fsp3) is 0.308. The number of carboxylic acid groups (broad SMARTS) is 1. The smallest absolute Gasteiger partial charge is 0.337 e. The summed E-state index contributed by atoms with van der Waals surface area (Å²) in [6, 6.07) is 8.09. The standard InChI is InChI=1S/C13H17N3O5/c1-13(21,11(18)19)8-15-10(17)7-14-12(20)16-9-5-3-2-4-6-9/h2-6,21H,7-8H2,1H3,(H,15,17)(H,18,19)(H2,14,16,20). The first kappa shape index (κ1) is 16.4. The van der Waals surface area contributed by atoms with E-state index in [0.29, 0.717) is 5.69 Å². The normalized spacial score (nSPS) is 12.9. The van der Waals surface area contributed by atoms with Crippen LogP contribution in [-0.2, 0) is 9.59 Å². The predicted molar refractivity (Wildman–Crippen MR) is 74.7 cm³/mol. The van der Waals surface area contributed by atoms with Gasteiger partial charge in [-0.2, -0.15) is 0 Å². The summed E-state index contributed by atoms with van der Waals surface area (Å²) in [5.41, 5.74) is -1.48. The average molecular weight is 295 g/mol. The molecule has 0 aromatic heterocycles. The van der Waals surface area contributed by atoms with Crippen molar-refractivity contribution in [3.63, 3.8) is 0 Å². The van der Waals surface area contributed by atoms with Gasteiger partial charge in [-0.25, -0.2) is 9.59 Å². The predicted octanol–water partition coefficient (Wildman–Crippen LogP) is -0.240. The molecule has 0 heterocycles. The van der Waals surface area contributed by atoms with Crippen molar-refractivity contribution in [2.75, 3.05) is 18.4 Å². The van der Waals surface area contributed by atoms with Gasteiger partial charge in [0.1, 0.15) is 0 Å². The van der Waals surface area contributed by atoms with Gasteiger partial charge in [0.2, 0.25) is 5.91 Å². The number of urea groups is 1. The number of amides is 3. The molecule has 0 saturated heterocycles. The Hall–Kier alpha value is -2.61. The van der Waals surface area contributed by atoms with Gasteiger partial charge in [-0.15, -0.1) is 0 Å². The quantitative estimate of drug-likeness (QED) is 0.495. The van der Waals surface area contributed by atoms with Crippen molar-refractivity contribution < 1.29 is 24.6 Å². The Balaban J connectivity index is 2.30. The van der Waals surface area contributed by atoms with Crippen LogP contribution in [0, 0.1) is 0 Å². The van der Waals surface area contributed by atoms with Gasteiger partial charge in [-0.3, -0.25) is 4.79 Å². The van der Waals surface area contributed by atoms with Crippen LogP contribution < -0.4 is 16.0 Å². The molecule has 0 aliphatic heterocycles. The zero-order chi connectivity index (χ0) is 15.9. The second-order valence-electron chi connectivity index (χ2n) is 4.53. The molecule has 1 unspecified atom stereocenters. The van der Waals surface area contributed by atoms with Gasteiger partial charge in [-0.05, 0) is 19.1 Å². The molecule has 0 saturated carbocycles. The van der Waals surface area contributed by atoms with Crippen molar-refractivity contribution in [3.8, 4) is 0 Å². The van der Waals surface area contributed by atoms with Crippen LogP contribution in [0.25, 0.3) is 0 Å². The van der Waals surface area contributed by atoms with Crippen LogP contribution in [-0.4, -0.2) is 46.8 Å². The van der Waals surface area contributed by atoms with Crippen molar-refractivity contribution in [3.05, 3.63) is 30.3 Å². The molecular weight excluding hydrogens is 278 g/mol. The van der Waals surface area contributed by atoms with E-state index in [4.69, 9.17) is 5.11 Å². The highest BCUT2D eigenvalue weighted by atomic mass is 16.4. The number of rotatable bonds is 6. The van der Waals surface area contributed by atoms with E-state index >= 15 is 0 Å². The van der Waals surface area contributed by atoms with Crippen molar-refractivity contribution in [1.82, 2.24) is 10.6 Å². The summed E-state index contributed by atoms with van der Waals surface area (Å²) in [4.78, 5) is 33.5. The lowest BCUT2D eigenvalue weighted by molar-refractivity contribution is -0.156. The lowest BCUT2D eigenvalue weighted by atomic mass is 10.1. The molecule has 0 aliphatic carbocycles. The van der Waals surface area contributed by atoms with Gasteiger partial charge in [0, 0.05) is 5.69 Å². The molecule has 1 atom stereocenters. The first-order valence-electron chi connectivity index (χ1n) is 6.13. The average Bonchev–Trinajstić information content (AvgIpc) is 2.44. The highest BCUT2D eigenvalue weighted by Gasteiger charge is 2.30. The van der Waals surface area contributed by atoms with Gasteiger partial charge >= 0.3 is 12.0 Å². The van der Waals surface area contributed by atoms with E-state index in [1.54, 1.807) is 30.3 Å². The number of aliphatic carboxylic acids is 1. The first-order valence-corrected chi connectivity index (χ1v) is 6.13. The molecule has 0 fully saturated rings. The van der Waals surface area contributed by atoms with Crippen LogP contribution in [0.15, 0.2) is 30.3 Å². The van der Waals surface area contributed by atoms with Crippen molar-refractivity contribution in [1.29, 1.82) is 0 Å². The Morgan fingerprint density at radius 1 is 1.14 bits per heavy atom. The summed E-state index contributed by atoms with van der Waals surface area (Å²) < 4.78 is 0. The number of carboxylic acids is 1. The Morgan fingerprint density at radius 3 is 2.33 bits per heavy atom. The number of hydrogen-bond acceptors (Lipinski definition) is 4. The van der Waals surface area contributed by atoms with Crippen LogP contribution in [0.3, 0.4) is 0 Å². The zero-order valence-corrected chi connectivity index (χ0v) is 11.4. The fourth-order valence-corrected chi connectivity index (χ4v) is 1.27. The van der Waals surface area contributed by atoms with E-state index in [1.165, 1.54) is 0 Å². The minimum Gasteiger partial charge on any atom is -0.479 e. The van der Waals surface area contributed by atoms with Crippen LogP contribution in [0.5, 0.6) is 0 Å². The van der Waals surface area contributed by atoms with Crippen molar-refractivity contribution >= 4 is 23.6 Å². The van der Waals surface area contributed by atoms with E-state index in [0.717, 1.165) is 6.92 Å². The van der Waals surface area contributed by atoms with Crippen LogP contribution in [0.1, 0.15) is 6.92 Å². The Kier molecular flexibility index (Phi) is 5.67. The number of anilines is 1. The van der Waals surface area contributed by atoms with Gasteiger partial charge in [0.15, 0.2) is 5.60 Å². The molecule has 0 bridgehead atoms. The van der Waals surface area contributed by atoms with Gasteiger partial charge in [0.05, 0.1) is 13.1 Å². The number of aliphatic hydroxyl groups is 1. The third-order valence-electron chi connectivity index (χ3n) is 2.53. The lowest BCUT2D eigenvalue weighted by Crippen LogP contribution is -2.49. The second-order valence-corrected chi connectivity index (χ2v) is 4.53. The van der Waals surface area contributed by atoms with E-state index in [-0.39, 0.29) is 6.54 Å². The van der Waals surface area contributed by atoms with E-state index in [9.17, 15) is 19.5 Å². The fourth-order valence-electron chi connectivity index (χ4n) is 1.27. The Bertz CT molecular complexity index is 516. The maximum Gasteiger partial charge on any atom is 0.337 e. The molecule has 1 aromatic carbocycles. The molecule has 0 radical (unpaired) electrons. The summed E-state index contributed by atoms with van der Waals surface area (Å²) in [7, 11) is 0. The largest absolute Gasteiger partial charge is 0.479 e. The SMILES string of the molecule is CC(O)(CNC(=O)CNC(=O)Nc1ccccc1)C(=O)O. The first-order chi connectivity index (χ1) is 9.81. The number of para-hydroxylation sites is 1. The third kappa shape index (κ3) is 5.91. The highest BCUT2D eigenvalue weighted by molar-refractivity contribution is 5.92. The van der Waals surface area contributed by atoms with E-state index in [2.05, 4.69) is 16.0 Å². The summed E-state index contributed by atoms with van der Waals surface area (Å²) in [6.45, 7) is 0.267. The molecule has 1 aromatic rings. The number of carbonyl (C=O) groups excluding carboxylic acids is 2. The van der Waals surface area contributed by atoms with Crippen molar-refractivity contribution in [2.24, 2.45) is 0 Å². The topological polar surface area (TPSA) is 128 Å². The van der Waals surface area contributed by atoms with Crippen LogP contribution >= 0.6 is 0 Å². The Labute approximate surface area is 121 Å². The number of carbonyl (C=O) groups is 3. The maximum absolute atomic E-state index is 11.5. The molecule has 114 valence electrons. The molecule has 1 rings (SSSR count). The van der Waals surface area contributed by atoms with E-state index < -0.39 is 30.1 Å². The zero-order valence-electron chi connectivity index (χ0n) is 11.4. The van der Waals surface area contributed by atoms with Gasteiger partial charge in [-0.1, -0.05) is 18.2 Å². The molecule has 8 nitrogen and oxygen atoms in total. The second kappa shape index (κ2) is 7.25. The maximum atomic E-state index is 11.5. The monoisotopic (exact) mass is 295 g/mol. The van der Waals surface area contributed by atoms with Crippen molar-refractivity contribution in [2.45, 2.75) is 12.5 Å². The molecule has 21 heavy (non-hydrogen) atoms. The van der Waals surface area contributed by atoms with Gasteiger partial charge in [0.25, 0.3) is 0 Å². The lowest BCUT2D eigenvalue weighted by Gasteiger charge is -2.18. The summed E-state index contributed by atoms with van der Waals surface area (Å²) in [6.07, 6.45) is 0. The minimum absolute atomic E-state index is 0.339. The number of benzene rings is 1. The summed E-state index contributed by atoms with van der Waals surface area (Å²) >= 11 is 0. The highest BCUT2D eigenvalue weighted by Crippen LogP contribution is 2.04. The molecule has 5 N–H and O–H groups in total. The third-order valence-corrected chi connectivity index (χ3v) is 2.53. The molecular formula is C13H17N3O5.